The molecule has 0 atom stereocenters. The van der Waals surface area contributed by atoms with E-state index in [2.05, 4.69) is 80.3 Å². The second-order valence-electron chi connectivity index (χ2n) is 11.6. The van der Waals surface area contributed by atoms with Crippen molar-refractivity contribution in [1.29, 1.82) is 0 Å². The average Bonchev–Trinajstić information content (AvgIpc) is 3.43. The standard InChI is InChI=1S/C8H17N.C7H16N2.C7H15NO.C7H15N.4CH4/c1-8(2)9-6-4-3-5-7-9;1-7(2)9-5-3-8-4-6-9;1-7(2)8-3-5-9-6-4-8;1-7(2)8-5-3-4-6-8;;;;/h8H,3-7H2,1-2H3;7-8H,3-6H2,1-2H3;7H,3-6H2,1-2H3;7H,3-6H2,1-2H3;4*1H4. The smallest absolute Gasteiger partial charge is 0.0594 e. The van der Waals surface area contributed by atoms with E-state index >= 15 is 0 Å². The van der Waals surface area contributed by atoms with Crippen LogP contribution in [0.5, 0.6) is 0 Å². The second kappa shape index (κ2) is 27.9. The number of hydrogen-bond donors (Lipinski definition) is 1. The second-order valence-corrected chi connectivity index (χ2v) is 11.6. The van der Waals surface area contributed by atoms with Crippen LogP contribution in [-0.2, 0) is 4.74 Å². The van der Waals surface area contributed by atoms with Gasteiger partial charge < -0.3 is 19.9 Å². The maximum Gasteiger partial charge on any atom is 0.0594 e. The van der Waals surface area contributed by atoms with Crippen LogP contribution in [0, 0.1) is 0 Å². The molecule has 0 amide bonds. The highest BCUT2D eigenvalue weighted by molar-refractivity contribution is 4.70. The number of ether oxygens (including phenoxy) is 1. The normalized spacial score (nSPS) is 20.6. The summed E-state index contributed by atoms with van der Waals surface area (Å²) in [5.74, 6) is 0. The van der Waals surface area contributed by atoms with E-state index in [1.807, 2.05) is 0 Å². The van der Waals surface area contributed by atoms with Crippen molar-refractivity contribution in [3.63, 3.8) is 0 Å². The van der Waals surface area contributed by atoms with Crippen molar-refractivity contribution in [2.45, 2.75) is 141 Å². The van der Waals surface area contributed by atoms with Gasteiger partial charge >= 0.3 is 0 Å². The van der Waals surface area contributed by atoms with Crippen LogP contribution in [0.25, 0.3) is 0 Å². The summed E-state index contributed by atoms with van der Waals surface area (Å²) in [6, 6.07) is 2.96. The summed E-state index contributed by atoms with van der Waals surface area (Å²) in [7, 11) is 0. The van der Waals surface area contributed by atoms with Crippen molar-refractivity contribution < 1.29 is 4.74 Å². The molecule has 0 saturated carbocycles. The lowest BCUT2D eigenvalue weighted by Crippen LogP contribution is -2.46. The lowest BCUT2D eigenvalue weighted by Gasteiger charge is -2.30. The van der Waals surface area contributed by atoms with Crippen LogP contribution in [0.3, 0.4) is 0 Å². The molecule has 4 aliphatic rings. The number of piperidine rings is 1. The summed E-state index contributed by atoms with van der Waals surface area (Å²) >= 11 is 0. The zero-order valence-corrected chi connectivity index (χ0v) is 25.0. The summed E-state index contributed by atoms with van der Waals surface area (Å²) in [5, 5.41) is 3.33. The molecule has 0 aromatic heterocycles. The summed E-state index contributed by atoms with van der Waals surface area (Å²) in [6.45, 7) is 32.2. The van der Waals surface area contributed by atoms with E-state index < -0.39 is 0 Å². The molecule has 0 aromatic carbocycles. The molecule has 0 unspecified atom stereocenters. The molecule has 0 radical (unpaired) electrons. The summed E-state index contributed by atoms with van der Waals surface area (Å²) in [5.41, 5.74) is 0. The predicted octanol–water partition coefficient (Wildman–Crippen LogP) is 6.94. The fourth-order valence-electron chi connectivity index (χ4n) is 4.99. The Morgan fingerprint density at radius 3 is 0.949 bits per heavy atom. The minimum Gasteiger partial charge on any atom is -0.379 e. The minimum atomic E-state index is 0. The van der Waals surface area contributed by atoms with Gasteiger partial charge in [-0.15, -0.1) is 0 Å². The van der Waals surface area contributed by atoms with Gasteiger partial charge in [0.15, 0.2) is 0 Å². The Labute approximate surface area is 249 Å². The summed E-state index contributed by atoms with van der Waals surface area (Å²) < 4.78 is 5.21. The van der Waals surface area contributed by atoms with Crippen molar-refractivity contribution in [3.8, 4) is 0 Å². The molecule has 0 spiro atoms. The molecule has 242 valence electrons. The first kappa shape index (κ1) is 45.7. The zero-order chi connectivity index (χ0) is 26.1. The molecule has 39 heavy (non-hydrogen) atoms. The molecular weight excluding hydrogens is 482 g/mol. The fourth-order valence-corrected chi connectivity index (χ4v) is 4.99. The average molecular weight is 562 g/mol. The number of rotatable bonds is 4. The third-order valence-corrected chi connectivity index (χ3v) is 7.65. The lowest BCUT2D eigenvalue weighted by atomic mass is 10.1. The van der Waals surface area contributed by atoms with Gasteiger partial charge in [0.2, 0.25) is 0 Å². The van der Waals surface area contributed by atoms with Crippen LogP contribution in [0.15, 0.2) is 0 Å². The Hall–Kier alpha value is -0.240. The fraction of sp³-hybridized carbons (Fsp3) is 1.00. The first-order valence-electron chi connectivity index (χ1n) is 15.0. The van der Waals surface area contributed by atoms with E-state index in [1.54, 1.807) is 0 Å². The third kappa shape index (κ3) is 22.1. The number of hydrogen-bond acceptors (Lipinski definition) is 6. The molecular formula is C33H79N5O. The monoisotopic (exact) mass is 562 g/mol. The van der Waals surface area contributed by atoms with Crippen LogP contribution >= 0.6 is 0 Å². The minimum absolute atomic E-state index is 0. The van der Waals surface area contributed by atoms with Gasteiger partial charge in [0.05, 0.1) is 13.2 Å². The van der Waals surface area contributed by atoms with Gasteiger partial charge in [-0.3, -0.25) is 9.80 Å². The molecule has 4 rings (SSSR count). The van der Waals surface area contributed by atoms with Crippen LogP contribution in [0.1, 0.15) is 117 Å². The van der Waals surface area contributed by atoms with E-state index in [0.717, 1.165) is 57.5 Å². The number of nitrogens with zero attached hydrogens (tertiary/aromatic N) is 4. The highest BCUT2D eigenvalue weighted by atomic mass is 16.5. The Balaban J connectivity index is -0.000000203. The van der Waals surface area contributed by atoms with Gasteiger partial charge in [0.1, 0.15) is 0 Å². The number of morpholine rings is 1. The van der Waals surface area contributed by atoms with Crippen molar-refractivity contribution in [2.24, 2.45) is 0 Å². The zero-order valence-electron chi connectivity index (χ0n) is 25.0. The van der Waals surface area contributed by atoms with Gasteiger partial charge in [-0.05, 0) is 107 Å². The Morgan fingerprint density at radius 2 is 0.692 bits per heavy atom. The molecule has 6 heteroatoms. The first-order chi connectivity index (χ1) is 16.7. The number of nitrogens with one attached hydrogen (secondary N) is 1. The van der Waals surface area contributed by atoms with Gasteiger partial charge in [-0.25, -0.2) is 0 Å². The summed E-state index contributed by atoms with van der Waals surface area (Å²) in [4.78, 5) is 10.0. The molecule has 4 fully saturated rings. The van der Waals surface area contributed by atoms with Crippen LogP contribution in [0.2, 0.25) is 0 Å². The van der Waals surface area contributed by atoms with Crippen molar-refractivity contribution in [1.82, 2.24) is 24.9 Å². The molecule has 4 aliphatic heterocycles. The lowest BCUT2D eigenvalue weighted by molar-refractivity contribution is 0.0238. The SMILES string of the molecule is C.C.C.C.CC(C)N1CCCC1.CC(C)N1CCCCC1.CC(C)N1CCNCC1.CC(C)N1CCOCC1. The molecule has 1 N–H and O–H groups in total. The molecule has 0 aromatic rings. The van der Waals surface area contributed by atoms with E-state index in [1.165, 1.54) is 71.4 Å². The van der Waals surface area contributed by atoms with Crippen molar-refractivity contribution in [2.75, 3.05) is 78.7 Å². The van der Waals surface area contributed by atoms with E-state index in [4.69, 9.17) is 4.74 Å². The van der Waals surface area contributed by atoms with Crippen LogP contribution in [-0.4, -0.2) is 122 Å². The number of piperazine rings is 1. The quantitative estimate of drug-likeness (QED) is 0.400. The Morgan fingerprint density at radius 1 is 0.410 bits per heavy atom. The van der Waals surface area contributed by atoms with Gasteiger partial charge in [0, 0.05) is 63.4 Å². The topological polar surface area (TPSA) is 34.2 Å². The first-order valence-corrected chi connectivity index (χ1v) is 15.0. The maximum atomic E-state index is 5.21. The van der Waals surface area contributed by atoms with Gasteiger partial charge in [-0.2, -0.15) is 0 Å². The maximum absolute atomic E-state index is 5.21. The molecule has 0 bridgehead atoms. The Kier molecular flexibility index (Phi) is 32.7. The van der Waals surface area contributed by atoms with Gasteiger partial charge in [-0.1, -0.05) is 36.1 Å². The van der Waals surface area contributed by atoms with Crippen molar-refractivity contribution >= 4 is 0 Å². The van der Waals surface area contributed by atoms with Crippen LogP contribution < -0.4 is 5.32 Å². The van der Waals surface area contributed by atoms with E-state index in [9.17, 15) is 0 Å². The van der Waals surface area contributed by atoms with E-state index in [0.29, 0.717) is 6.04 Å². The summed E-state index contributed by atoms with van der Waals surface area (Å²) in [6.07, 6.45) is 7.11. The highest BCUT2D eigenvalue weighted by Gasteiger charge is 2.14. The largest absolute Gasteiger partial charge is 0.379 e. The molecule has 6 nitrogen and oxygen atoms in total. The predicted molar refractivity (Wildman–Crippen MR) is 181 cm³/mol. The van der Waals surface area contributed by atoms with Gasteiger partial charge in [0.25, 0.3) is 0 Å². The molecule has 0 aliphatic carbocycles. The van der Waals surface area contributed by atoms with Crippen molar-refractivity contribution in [3.05, 3.63) is 0 Å². The number of likely N-dealkylation sites (tertiary alicyclic amines) is 2. The Bertz CT molecular complexity index is 410. The van der Waals surface area contributed by atoms with Crippen LogP contribution in [0.4, 0.5) is 0 Å². The molecule has 4 saturated heterocycles. The molecule has 4 heterocycles. The third-order valence-electron chi connectivity index (χ3n) is 7.65. The highest BCUT2D eigenvalue weighted by Crippen LogP contribution is 2.11. The van der Waals surface area contributed by atoms with E-state index in [-0.39, 0.29) is 29.7 Å².